The van der Waals surface area contributed by atoms with E-state index < -0.39 is 0 Å². The molecule has 1 aromatic rings. The van der Waals surface area contributed by atoms with Gasteiger partial charge in [-0.1, -0.05) is 13.0 Å². The number of methoxy groups -OCH3 is 1. The Labute approximate surface area is 127 Å². The Morgan fingerprint density at radius 2 is 1.80 bits per heavy atom. The van der Waals surface area contributed by atoms with Gasteiger partial charge in [0.25, 0.3) is 0 Å². The highest BCUT2D eigenvalue weighted by Crippen LogP contribution is 2.16. The monoisotopic (exact) mass is 295 g/mol. The Balaban J connectivity index is 0.00000200. The molecule has 2 rings (SSSR count). The maximum absolute atomic E-state index is 12.3. The number of piperidine rings is 1. The number of ketones is 1. The van der Waals surface area contributed by atoms with Gasteiger partial charge >= 0.3 is 0 Å². The second-order valence-electron chi connectivity index (χ2n) is 5.00. The largest absolute Gasteiger partial charge is 0.497 e. The van der Waals surface area contributed by atoms with Crippen LogP contribution in [0.5, 0.6) is 5.75 Å². The molecule has 3 nitrogen and oxygen atoms in total. The highest BCUT2D eigenvalue weighted by Gasteiger charge is 2.16. The standard InChI is InChI=1S/C16H21NO2.ClH/c1-13(12-17-10-4-3-5-11-17)16(18)14-6-8-15(19-2)9-7-14;/h6-9H,1,3-5,10-12H2,2H3;1H. The summed E-state index contributed by atoms with van der Waals surface area (Å²) in [4.78, 5) is 14.6. The minimum absolute atomic E-state index is 0. The third-order valence-electron chi connectivity index (χ3n) is 3.54. The summed E-state index contributed by atoms with van der Waals surface area (Å²) in [6, 6.07) is 7.20. The van der Waals surface area contributed by atoms with Gasteiger partial charge in [-0.2, -0.15) is 0 Å². The molecule has 0 N–H and O–H groups in total. The number of benzene rings is 1. The molecule has 0 bridgehead atoms. The number of ether oxygens (including phenoxy) is 1. The SMILES string of the molecule is C=C(CN1CCCCC1)C(=O)c1ccc(OC)cc1.Cl. The molecule has 0 radical (unpaired) electrons. The lowest BCUT2D eigenvalue weighted by atomic mass is 10.0. The third-order valence-corrected chi connectivity index (χ3v) is 3.54. The fourth-order valence-corrected chi connectivity index (χ4v) is 2.41. The molecule has 110 valence electrons. The maximum Gasteiger partial charge on any atom is 0.189 e. The minimum Gasteiger partial charge on any atom is -0.497 e. The molecule has 20 heavy (non-hydrogen) atoms. The van der Waals surface area contributed by atoms with E-state index in [0.29, 0.717) is 17.7 Å². The van der Waals surface area contributed by atoms with Crippen molar-refractivity contribution >= 4 is 18.2 Å². The summed E-state index contributed by atoms with van der Waals surface area (Å²) < 4.78 is 5.09. The molecule has 0 atom stereocenters. The van der Waals surface area contributed by atoms with Crippen LogP contribution in [0.3, 0.4) is 0 Å². The quantitative estimate of drug-likeness (QED) is 0.616. The van der Waals surface area contributed by atoms with E-state index >= 15 is 0 Å². The highest BCUT2D eigenvalue weighted by atomic mass is 35.5. The molecule has 1 fully saturated rings. The van der Waals surface area contributed by atoms with Crippen molar-refractivity contribution in [1.29, 1.82) is 0 Å². The number of carbonyl (C=O) groups excluding carboxylic acids is 1. The fourth-order valence-electron chi connectivity index (χ4n) is 2.41. The zero-order valence-corrected chi connectivity index (χ0v) is 12.7. The number of Topliss-reactive ketones (excluding diaryl/α,β-unsaturated/α-hetero) is 1. The van der Waals surface area contributed by atoms with Crippen LogP contribution in [0.4, 0.5) is 0 Å². The molecule has 0 spiro atoms. The Kier molecular flexibility index (Phi) is 6.76. The van der Waals surface area contributed by atoms with Crippen LogP contribution in [0.15, 0.2) is 36.4 Å². The smallest absolute Gasteiger partial charge is 0.189 e. The van der Waals surface area contributed by atoms with Gasteiger partial charge in [0.05, 0.1) is 7.11 Å². The Bertz CT molecular complexity index is 450. The van der Waals surface area contributed by atoms with Crippen molar-refractivity contribution in [2.75, 3.05) is 26.7 Å². The van der Waals surface area contributed by atoms with E-state index in [1.54, 1.807) is 31.4 Å². The summed E-state index contributed by atoms with van der Waals surface area (Å²) in [5, 5.41) is 0. The summed E-state index contributed by atoms with van der Waals surface area (Å²) >= 11 is 0. The van der Waals surface area contributed by atoms with Gasteiger partial charge in [0.15, 0.2) is 5.78 Å². The summed E-state index contributed by atoms with van der Waals surface area (Å²) in [6.45, 7) is 6.79. The molecule has 1 saturated heterocycles. The van der Waals surface area contributed by atoms with Gasteiger partial charge < -0.3 is 4.74 Å². The van der Waals surface area contributed by atoms with Gasteiger partial charge in [-0.25, -0.2) is 0 Å². The fraction of sp³-hybridized carbons (Fsp3) is 0.438. The Morgan fingerprint density at radius 3 is 2.35 bits per heavy atom. The molecule has 4 heteroatoms. The minimum atomic E-state index is 0. The van der Waals surface area contributed by atoms with Crippen molar-refractivity contribution in [2.45, 2.75) is 19.3 Å². The van der Waals surface area contributed by atoms with Crippen LogP contribution in [-0.4, -0.2) is 37.4 Å². The normalized spacial score (nSPS) is 15.2. The first-order valence-corrected chi connectivity index (χ1v) is 6.79. The summed E-state index contributed by atoms with van der Waals surface area (Å²) in [6.07, 6.45) is 3.75. The van der Waals surface area contributed by atoms with Crippen molar-refractivity contribution in [3.05, 3.63) is 42.0 Å². The van der Waals surface area contributed by atoms with E-state index in [2.05, 4.69) is 11.5 Å². The van der Waals surface area contributed by atoms with Crippen molar-refractivity contribution < 1.29 is 9.53 Å². The van der Waals surface area contributed by atoms with Gasteiger partial charge in [0.1, 0.15) is 5.75 Å². The van der Waals surface area contributed by atoms with Gasteiger partial charge in [0.2, 0.25) is 0 Å². The first kappa shape index (κ1) is 16.7. The predicted octanol–water partition coefficient (Wildman–Crippen LogP) is 3.34. The van der Waals surface area contributed by atoms with Crippen molar-refractivity contribution in [3.63, 3.8) is 0 Å². The van der Waals surface area contributed by atoms with Crippen LogP contribution in [0.25, 0.3) is 0 Å². The second kappa shape index (κ2) is 8.08. The molecule has 1 heterocycles. The molecular weight excluding hydrogens is 274 g/mol. The lowest BCUT2D eigenvalue weighted by Crippen LogP contribution is -2.32. The molecule has 1 aromatic carbocycles. The van der Waals surface area contributed by atoms with E-state index in [-0.39, 0.29) is 18.2 Å². The second-order valence-corrected chi connectivity index (χ2v) is 5.00. The van der Waals surface area contributed by atoms with E-state index in [4.69, 9.17) is 4.74 Å². The average molecular weight is 296 g/mol. The number of hydrogen-bond acceptors (Lipinski definition) is 3. The molecule has 0 saturated carbocycles. The maximum atomic E-state index is 12.3. The first-order valence-electron chi connectivity index (χ1n) is 6.79. The zero-order chi connectivity index (χ0) is 13.7. The predicted molar refractivity (Wildman–Crippen MR) is 84.0 cm³/mol. The number of halogens is 1. The number of rotatable bonds is 5. The first-order chi connectivity index (χ1) is 9.20. The van der Waals surface area contributed by atoms with E-state index in [1.807, 2.05) is 0 Å². The van der Waals surface area contributed by atoms with Gasteiger partial charge in [0, 0.05) is 17.7 Å². The van der Waals surface area contributed by atoms with Crippen LogP contribution in [0, 0.1) is 0 Å². The number of carbonyl (C=O) groups is 1. The van der Waals surface area contributed by atoms with E-state index in [9.17, 15) is 4.79 Å². The summed E-state index contributed by atoms with van der Waals surface area (Å²) in [5.41, 5.74) is 1.36. The topological polar surface area (TPSA) is 29.5 Å². The molecule has 0 amide bonds. The van der Waals surface area contributed by atoms with Crippen molar-refractivity contribution in [2.24, 2.45) is 0 Å². The molecule has 0 aliphatic carbocycles. The lowest BCUT2D eigenvalue weighted by molar-refractivity contribution is 0.102. The zero-order valence-electron chi connectivity index (χ0n) is 11.9. The van der Waals surface area contributed by atoms with E-state index in [1.165, 1.54) is 19.3 Å². The number of hydrogen-bond donors (Lipinski definition) is 0. The molecular formula is C16H22ClNO2. The molecule has 1 aliphatic heterocycles. The molecule has 1 aliphatic rings. The summed E-state index contributed by atoms with van der Waals surface area (Å²) in [5.74, 6) is 0.798. The average Bonchev–Trinajstić information content (AvgIpc) is 2.47. The van der Waals surface area contributed by atoms with E-state index in [0.717, 1.165) is 18.8 Å². The molecule has 0 aromatic heterocycles. The van der Waals surface area contributed by atoms with Crippen LogP contribution in [-0.2, 0) is 0 Å². The van der Waals surface area contributed by atoms with Crippen LogP contribution < -0.4 is 4.74 Å². The van der Waals surface area contributed by atoms with Gasteiger partial charge in [-0.3, -0.25) is 9.69 Å². The summed E-state index contributed by atoms with van der Waals surface area (Å²) in [7, 11) is 1.62. The van der Waals surface area contributed by atoms with Crippen molar-refractivity contribution in [1.82, 2.24) is 4.90 Å². The van der Waals surface area contributed by atoms with Crippen LogP contribution in [0.1, 0.15) is 29.6 Å². The number of nitrogens with zero attached hydrogens (tertiary/aromatic N) is 1. The Morgan fingerprint density at radius 1 is 1.20 bits per heavy atom. The lowest BCUT2D eigenvalue weighted by Gasteiger charge is -2.26. The third kappa shape index (κ3) is 4.36. The van der Waals surface area contributed by atoms with Gasteiger partial charge in [-0.05, 0) is 50.2 Å². The van der Waals surface area contributed by atoms with Crippen molar-refractivity contribution in [3.8, 4) is 5.75 Å². The van der Waals surface area contributed by atoms with Gasteiger partial charge in [-0.15, -0.1) is 12.4 Å². The van der Waals surface area contributed by atoms with Crippen LogP contribution >= 0.6 is 12.4 Å². The molecule has 0 unspecified atom stereocenters. The number of likely N-dealkylation sites (tertiary alicyclic amines) is 1. The van der Waals surface area contributed by atoms with Crippen LogP contribution in [0.2, 0.25) is 0 Å². The Hall–Kier alpha value is -1.32. The highest BCUT2D eigenvalue weighted by molar-refractivity contribution is 6.08.